The lowest BCUT2D eigenvalue weighted by molar-refractivity contribution is 0.817. The SMILES string of the molecule is C/N=C1/CCC=C(C)C1C. The van der Waals surface area contributed by atoms with Gasteiger partial charge in [-0.1, -0.05) is 18.6 Å². The van der Waals surface area contributed by atoms with Crippen LogP contribution in [-0.2, 0) is 0 Å². The summed E-state index contributed by atoms with van der Waals surface area (Å²) in [4.78, 5) is 4.25. The minimum atomic E-state index is 0.596. The maximum atomic E-state index is 4.25. The summed E-state index contributed by atoms with van der Waals surface area (Å²) in [5, 5.41) is 0. The van der Waals surface area contributed by atoms with Crippen molar-refractivity contribution in [3.05, 3.63) is 11.6 Å². The van der Waals surface area contributed by atoms with Gasteiger partial charge in [-0.3, -0.25) is 4.99 Å². The normalized spacial score (nSPS) is 30.5. The van der Waals surface area contributed by atoms with Crippen LogP contribution in [0.4, 0.5) is 0 Å². The van der Waals surface area contributed by atoms with Gasteiger partial charge in [-0.05, 0) is 19.8 Å². The van der Waals surface area contributed by atoms with E-state index in [4.69, 9.17) is 0 Å². The molecule has 1 aliphatic rings. The summed E-state index contributed by atoms with van der Waals surface area (Å²) in [6, 6.07) is 0. The zero-order valence-electron chi connectivity index (χ0n) is 7.02. The third-order valence-corrected chi connectivity index (χ3v) is 2.34. The van der Waals surface area contributed by atoms with Crippen molar-refractivity contribution < 1.29 is 0 Å². The van der Waals surface area contributed by atoms with Crippen LogP contribution in [0.1, 0.15) is 26.7 Å². The second-order valence-corrected chi connectivity index (χ2v) is 2.92. The molecule has 0 spiro atoms. The molecule has 0 aromatic rings. The van der Waals surface area contributed by atoms with Crippen LogP contribution in [0.5, 0.6) is 0 Å². The Balaban J connectivity index is 2.78. The number of hydrogen-bond acceptors (Lipinski definition) is 1. The van der Waals surface area contributed by atoms with Gasteiger partial charge in [-0.15, -0.1) is 0 Å². The molecule has 0 aromatic carbocycles. The van der Waals surface area contributed by atoms with Crippen molar-refractivity contribution in [1.82, 2.24) is 0 Å². The van der Waals surface area contributed by atoms with Crippen molar-refractivity contribution in [2.75, 3.05) is 7.05 Å². The molecule has 0 bridgehead atoms. The van der Waals surface area contributed by atoms with Crippen molar-refractivity contribution in [1.29, 1.82) is 0 Å². The third kappa shape index (κ3) is 1.28. The molecule has 10 heavy (non-hydrogen) atoms. The summed E-state index contributed by atoms with van der Waals surface area (Å²) >= 11 is 0. The van der Waals surface area contributed by atoms with E-state index in [0.717, 1.165) is 6.42 Å². The lowest BCUT2D eigenvalue weighted by atomic mass is 9.88. The third-order valence-electron chi connectivity index (χ3n) is 2.34. The van der Waals surface area contributed by atoms with Crippen molar-refractivity contribution in [3.8, 4) is 0 Å². The van der Waals surface area contributed by atoms with Crippen molar-refractivity contribution in [2.24, 2.45) is 10.9 Å². The van der Waals surface area contributed by atoms with Crippen LogP contribution >= 0.6 is 0 Å². The molecule has 0 fully saturated rings. The molecule has 56 valence electrons. The fraction of sp³-hybridized carbons (Fsp3) is 0.667. The van der Waals surface area contributed by atoms with Crippen LogP contribution in [0.15, 0.2) is 16.6 Å². The highest BCUT2D eigenvalue weighted by Gasteiger charge is 2.14. The smallest absolute Gasteiger partial charge is 0.0276 e. The van der Waals surface area contributed by atoms with Crippen molar-refractivity contribution in [3.63, 3.8) is 0 Å². The highest BCUT2D eigenvalue weighted by Crippen LogP contribution is 2.21. The summed E-state index contributed by atoms with van der Waals surface area (Å²) in [7, 11) is 1.89. The molecule has 0 saturated heterocycles. The molecular formula is C9H15N. The Morgan fingerprint density at radius 1 is 1.60 bits per heavy atom. The van der Waals surface area contributed by atoms with E-state index >= 15 is 0 Å². The Morgan fingerprint density at radius 3 is 2.80 bits per heavy atom. The van der Waals surface area contributed by atoms with Gasteiger partial charge in [-0.2, -0.15) is 0 Å². The minimum absolute atomic E-state index is 0.596. The molecule has 1 heteroatoms. The average Bonchev–Trinajstić information content (AvgIpc) is 1.95. The van der Waals surface area contributed by atoms with Gasteiger partial charge >= 0.3 is 0 Å². The molecule has 0 N–H and O–H groups in total. The van der Waals surface area contributed by atoms with Crippen LogP contribution in [-0.4, -0.2) is 12.8 Å². The maximum absolute atomic E-state index is 4.25. The summed E-state index contributed by atoms with van der Waals surface area (Å²) in [6.45, 7) is 4.42. The van der Waals surface area contributed by atoms with Crippen LogP contribution in [0.25, 0.3) is 0 Å². The first-order chi connectivity index (χ1) is 4.75. The standard InChI is InChI=1S/C9H15N/c1-7-5-4-6-9(10-3)8(7)2/h5,8H,4,6H2,1-3H3/b10-9-. The lowest BCUT2D eigenvalue weighted by Gasteiger charge is -2.19. The Bertz CT molecular complexity index is 177. The van der Waals surface area contributed by atoms with Gasteiger partial charge in [0, 0.05) is 18.7 Å². The number of aliphatic imine (C=N–C) groups is 1. The molecule has 1 aliphatic carbocycles. The predicted molar refractivity (Wildman–Crippen MR) is 45.5 cm³/mol. The number of rotatable bonds is 0. The van der Waals surface area contributed by atoms with Gasteiger partial charge in [0.25, 0.3) is 0 Å². The average molecular weight is 137 g/mol. The van der Waals surface area contributed by atoms with E-state index in [2.05, 4.69) is 24.9 Å². The van der Waals surface area contributed by atoms with Crippen molar-refractivity contribution in [2.45, 2.75) is 26.7 Å². The molecule has 0 radical (unpaired) electrons. The van der Waals surface area contributed by atoms with E-state index in [1.54, 1.807) is 0 Å². The van der Waals surface area contributed by atoms with Gasteiger partial charge in [0.15, 0.2) is 0 Å². The van der Waals surface area contributed by atoms with Crippen LogP contribution < -0.4 is 0 Å². The number of nitrogens with zero attached hydrogens (tertiary/aromatic N) is 1. The molecule has 0 aromatic heterocycles. The zero-order chi connectivity index (χ0) is 7.56. The Morgan fingerprint density at radius 2 is 2.30 bits per heavy atom. The van der Waals surface area contributed by atoms with E-state index in [-0.39, 0.29) is 0 Å². The maximum Gasteiger partial charge on any atom is 0.0276 e. The minimum Gasteiger partial charge on any atom is -0.297 e. The fourth-order valence-electron chi connectivity index (χ4n) is 1.41. The largest absolute Gasteiger partial charge is 0.297 e. The predicted octanol–water partition coefficient (Wildman–Crippen LogP) is 2.43. The Labute approximate surface area is 62.9 Å². The van der Waals surface area contributed by atoms with E-state index in [1.165, 1.54) is 17.7 Å². The highest BCUT2D eigenvalue weighted by molar-refractivity contribution is 5.89. The molecule has 1 atom stereocenters. The number of hydrogen-bond donors (Lipinski definition) is 0. The second kappa shape index (κ2) is 3.00. The first kappa shape index (κ1) is 7.52. The molecule has 1 nitrogen and oxygen atoms in total. The van der Waals surface area contributed by atoms with Crippen molar-refractivity contribution >= 4 is 5.71 Å². The van der Waals surface area contributed by atoms with Gasteiger partial charge < -0.3 is 0 Å². The summed E-state index contributed by atoms with van der Waals surface area (Å²) in [6.07, 6.45) is 4.66. The molecule has 1 rings (SSSR count). The van der Waals surface area contributed by atoms with E-state index in [9.17, 15) is 0 Å². The fourth-order valence-corrected chi connectivity index (χ4v) is 1.41. The summed E-state index contributed by atoms with van der Waals surface area (Å²) in [5.74, 6) is 0.596. The molecule has 0 amide bonds. The molecule has 1 unspecified atom stereocenters. The molecule has 0 saturated carbocycles. The zero-order valence-corrected chi connectivity index (χ0v) is 7.02. The van der Waals surface area contributed by atoms with Crippen LogP contribution in [0.2, 0.25) is 0 Å². The highest BCUT2D eigenvalue weighted by atomic mass is 14.7. The van der Waals surface area contributed by atoms with E-state index in [1.807, 2.05) is 7.05 Å². The summed E-state index contributed by atoms with van der Waals surface area (Å²) in [5.41, 5.74) is 2.84. The molecular weight excluding hydrogens is 122 g/mol. The first-order valence-corrected chi connectivity index (χ1v) is 3.88. The van der Waals surface area contributed by atoms with Gasteiger partial charge in [0.2, 0.25) is 0 Å². The second-order valence-electron chi connectivity index (χ2n) is 2.92. The molecule has 0 aliphatic heterocycles. The monoisotopic (exact) mass is 137 g/mol. The summed E-state index contributed by atoms with van der Waals surface area (Å²) < 4.78 is 0. The van der Waals surface area contributed by atoms with Gasteiger partial charge in [0.1, 0.15) is 0 Å². The van der Waals surface area contributed by atoms with Crippen LogP contribution in [0.3, 0.4) is 0 Å². The van der Waals surface area contributed by atoms with Gasteiger partial charge in [-0.25, -0.2) is 0 Å². The van der Waals surface area contributed by atoms with Crippen LogP contribution in [0, 0.1) is 5.92 Å². The number of allylic oxidation sites excluding steroid dienone is 2. The van der Waals surface area contributed by atoms with E-state index < -0.39 is 0 Å². The lowest BCUT2D eigenvalue weighted by Crippen LogP contribution is -2.15. The first-order valence-electron chi connectivity index (χ1n) is 3.88. The van der Waals surface area contributed by atoms with Gasteiger partial charge in [0.05, 0.1) is 0 Å². The Kier molecular flexibility index (Phi) is 2.25. The quantitative estimate of drug-likeness (QED) is 0.455. The molecule has 0 heterocycles. The topological polar surface area (TPSA) is 12.4 Å². The Hall–Kier alpha value is -0.590. The van der Waals surface area contributed by atoms with E-state index in [0.29, 0.717) is 5.92 Å².